The van der Waals surface area contributed by atoms with E-state index in [1.54, 1.807) is 0 Å². The van der Waals surface area contributed by atoms with Gasteiger partial charge in [0, 0.05) is 12.8 Å². The molecule has 0 bridgehead atoms. The first-order chi connectivity index (χ1) is 19.1. The molecule has 0 aliphatic heterocycles. The molecule has 0 aromatic heterocycles. The number of ether oxygens (including phenoxy) is 1. The van der Waals surface area contributed by atoms with Crippen LogP contribution in [-0.4, -0.2) is 23.1 Å². The molecule has 39 heavy (non-hydrogen) atoms. The molecule has 1 N–H and O–H groups in total. The van der Waals surface area contributed by atoms with Gasteiger partial charge in [0.05, 0.1) is 0 Å². The Balaban J connectivity index is 3.94. The number of unbranched alkanes of at least 4 members (excludes halogenated alkanes) is 11. The summed E-state index contributed by atoms with van der Waals surface area (Å²) in [4.78, 5) is 23.1. The average Bonchev–Trinajstić information content (AvgIpc) is 2.91. The standard InChI is InChI=1S/C35H60O4/c1-3-5-7-9-10-11-12-13-14-15-16-17-18-19-20-22-28-32-35(38)39-33(29-25-21-8-6-4-2)30-26-23-24-27-31-34(36)37/h5,7,10-11,13-14,16-17,33H,3-4,6,8-9,12,15,18-32H2,1-2H3,(H,36,37)/b7-5-,11-10-,14-13-,17-16-. The van der Waals surface area contributed by atoms with Crippen molar-refractivity contribution < 1.29 is 19.4 Å². The molecule has 1 unspecified atom stereocenters. The van der Waals surface area contributed by atoms with Crippen molar-refractivity contribution in [3.05, 3.63) is 48.6 Å². The van der Waals surface area contributed by atoms with Gasteiger partial charge in [0.15, 0.2) is 0 Å². The zero-order chi connectivity index (χ0) is 28.7. The lowest BCUT2D eigenvalue weighted by atomic mass is 10.0. The van der Waals surface area contributed by atoms with Crippen molar-refractivity contribution in [1.29, 1.82) is 0 Å². The number of allylic oxidation sites excluding steroid dienone is 8. The van der Waals surface area contributed by atoms with Gasteiger partial charge in [-0.1, -0.05) is 114 Å². The number of aliphatic carboxylic acids is 1. The predicted molar refractivity (Wildman–Crippen MR) is 167 cm³/mol. The third-order valence-electron chi connectivity index (χ3n) is 6.82. The fourth-order valence-electron chi connectivity index (χ4n) is 4.47. The minimum atomic E-state index is -0.719. The largest absolute Gasteiger partial charge is 0.481 e. The summed E-state index contributed by atoms with van der Waals surface area (Å²) in [6.45, 7) is 4.38. The van der Waals surface area contributed by atoms with Gasteiger partial charge < -0.3 is 9.84 Å². The van der Waals surface area contributed by atoms with Gasteiger partial charge in [-0.3, -0.25) is 9.59 Å². The van der Waals surface area contributed by atoms with Gasteiger partial charge in [0.2, 0.25) is 0 Å². The Morgan fingerprint density at radius 3 is 1.64 bits per heavy atom. The van der Waals surface area contributed by atoms with E-state index in [4.69, 9.17) is 9.84 Å². The molecule has 0 aromatic carbocycles. The summed E-state index contributed by atoms with van der Waals surface area (Å²) in [5, 5.41) is 8.77. The van der Waals surface area contributed by atoms with Gasteiger partial charge >= 0.3 is 11.9 Å². The van der Waals surface area contributed by atoms with Crippen LogP contribution in [0, 0.1) is 0 Å². The summed E-state index contributed by atoms with van der Waals surface area (Å²) in [5.74, 6) is -0.762. The van der Waals surface area contributed by atoms with Crippen LogP contribution in [0.15, 0.2) is 48.6 Å². The first-order valence-electron chi connectivity index (χ1n) is 16.1. The van der Waals surface area contributed by atoms with Crippen LogP contribution >= 0.6 is 0 Å². The van der Waals surface area contributed by atoms with Gasteiger partial charge in [0.25, 0.3) is 0 Å². The highest BCUT2D eigenvalue weighted by Crippen LogP contribution is 2.18. The molecule has 0 saturated carbocycles. The van der Waals surface area contributed by atoms with Crippen LogP contribution in [-0.2, 0) is 14.3 Å². The molecule has 0 rings (SSSR count). The lowest BCUT2D eigenvalue weighted by Gasteiger charge is -2.18. The van der Waals surface area contributed by atoms with E-state index in [-0.39, 0.29) is 18.5 Å². The smallest absolute Gasteiger partial charge is 0.306 e. The number of hydrogen-bond donors (Lipinski definition) is 1. The molecule has 0 spiro atoms. The minimum absolute atomic E-state index is 0.0248. The van der Waals surface area contributed by atoms with Crippen molar-refractivity contribution in [2.75, 3.05) is 0 Å². The molecular formula is C35H60O4. The highest BCUT2D eigenvalue weighted by Gasteiger charge is 2.14. The Kier molecular flexibility index (Phi) is 28.8. The topological polar surface area (TPSA) is 63.6 Å². The normalized spacial score (nSPS) is 12.9. The summed E-state index contributed by atoms with van der Waals surface area (Å²) in [6.07, 6.45) is 39.8. The Bertz CT molecular complexity index is 674. The molecule has 0 aromatic rings. The number of hydrogen-bond acceptors (Lipinski definition) is 3. The van der Waals surface area contributed by atoms with E-state index in [1.165, 1.54) is 32.1 Å². The lowest BCUT2D eigenvalue weighted by Crippen LogP contribution is -2.18. The summed E-state index contributed by atoms with van der Waals surface area (Å²) in [5.41, 5.74) is 0. The molecular weight excluding hydrogens is 484 g/mol. The molecule has 0 heterocycles. The van der Waals surface area contributed by atoms with Gasteiger partial charge in [-0.15, -0.1) is 0 Å². The zero-order valence-electron chi connectivity index (χ0n) is 25.4. The molecule has 0 fully saturated rings. The summed E-state index contributed by atoms with van der Waals surface area (Å²) >= 11 is 0. The fourth-order valence-corrected chi connectivity index (χ4v) is 4.47. The zero-order valence-corrected chi connectivity index (χ0v) is 25.4. The van der Waals surface area contributed by atoms with Gasteiger partial charge in [-0.05, 0) is 77.0 Å². The Labute approximate surface area is 241 Å². The fraction of sp³-hybridized carbons (Fsp3) is 0.714. The first kappa shape index (κ1) is 36.9. The van der Waals surface area contributed by atoms with Crippen molar-refractivity contribution in [3.63, 3.8) is 0 Å². The molecule has 0 saturated heterocycles. The van der Waals surface area contributed by atoms with E-state index in [1.807, 2.05) is 0 Å². The van der Waals surface area contributed by atoms with E-state index >= 15 is 0 Å². The maximum absolute atomic E-state index is 12.4. The van der Waals surface area contributed by atoms with E-state index in [0.717, 1.165) is 96.3 Å². The number of rotatable bonds is 28. The monoisotopic (exact) mass is 544 g/mol. The second-order valence-corrected chi connectivity index (χ2v) is 10.6. The summed E-state index contributed by atoms with van der Waals surface area (Å²) in [6, 6.07) is 0. The van der Waals surface area contributed by atoms with E-state index in [9.17, 15) is 9.59 Å². The third-order valence-corrected chi connectivity index (χ3v) is 6.82. The SMILES string of the molecule is CC/C=C\C/C=C\C/C=C\C/C=C\CCCCCCC(=O)OC(CCCCCCC)CCCCCCC(=O)O. The maximum atomic E-state index is 12.4. The number of carbonyl (C=O) groups excluding carboxylic acids is 1. The molecule has 4 nitrogen and oxygen atoms in total. The van der Waals surface area contributed by atoms with Crippen LogP contribution in [0.2, 0.25) is 0 Å². The quantitative estimate of drug-likeness (QED) is 0.0604. The van der Waals surface area contributed by atoms with Crippen molar-refractivity contribution in [2.45, 2.75) is 161 Å². The van der Waals surface area contributed by atoms with Crippen LogP contribution < -0.4 is 0 Å². The van der Waals surface area contributed by atoms with Crippen LogP contribution in [0.3, 0.4) is 0 Å². The molecule has 0 aliphatic carbocycles. The Morgan fingerprint density at radius 2 is 1.08 bits per heavy atom. The third kappa shape index (κ3) is 30.3. The van der Waals surface area contributed by atoms with Crippen LogP contribution in [0.25, 0.3) is 0 Å². The Morgan fingerprint density at radius 1 is 0.590 bits per heavy atom. The van der Waals surface area contributed by atoms with Crippen LogP contribution in [0.5, 0.6) is 0 Å². The highest BCUT2D eigenvalue weighted by atomic mass is 16.5. The van der Waals surface area contributed by atoms with Crippen molar-refractivity contribution in [2.24, 2.45) is 0 Å². The second-order valence-electron chi connectivity index (χ2n) is 10.6. The summed E-state index contributed by atoms with van der Waals surface area (Å²) in [7, 11) is 0. The van der Waals surface area contributed by atoms with Crippen molar-refractivity contribution in [3.8, 4) is 0 Å². The van der Waals surface area contributed by atoms with E-state index in [0.29, 0.717) is 6.42 Å². The molecule has 0 radical (unpaired) electrons. The molecule has 0 aliphatic rings. The maximum Gasteiger partial charge on any atom is 0.306 e. The van der Waals surface area contributed by atoms with Crippen molar-refractivity contribution >= 4 is 11.9 Å². The average molecular weight is 545 g/mol. The lowest BCUT2D eigenvalue weighted by molar-refractivity contribution is -0.150. The Hall–Kier alpha value is -2.10. The second kappa shape index (κ2) is 30.4. The minimum Gasteiger partial charge on any atom is -0.481 e. The predicted octanol–water partition coefficient (Wildman–Crippen LogP) is 10.8. The molecule has 1 atom stereocenters. The number of carboxylic acid groups (broad SMARTS) is 1. The molecule has 4 heteroatoms. The van der Waals surface area contributed by atoms with Gasteiger partial charge in [0.1, 0.15) is 6.10 Å². The number of carbonyl (C=O) groups is 2. The van der Waals surface area contributed by atoms with Crippen LogP contribution in [0.4, 0.5) is 0 Å². The number of esters is 1. The van der Waals surface area contributed by atoms with Crippen LogP contribution in [0.1, 0.15) is 155 Å². The van der Waals surface area contributed by atoms with Gasteiger partial charge in [-0.25, -0.2) is 0 Å². The van der Waals surface area contributed by atoms with E-state index in [2.05, 4.69) is 62.5 Å². The number of carboxylic acids is 1. The molecule has 224 valence electrons. The van der Waals surface area contributed by atoms with Crippen molar-refractivity contribution in [1.82, 2.24) is 0 Å². The highest BCUT2D eigenvalue weighted by molar-refractivity contribution is 5.69. The summed E-state index contributed by atoms with van der Waals surface area (Å²) < 4.78 is 5.87. The molecule has 0 amide bonds. The van der Waals surface area contributed by atoms with Gasteiger partial charge in [-0.2, -0.15) is 0 Å². The van der Waals surface area contributed by atoms with E-state index < -0.39 is 5.97 Å². The first-order valence-corrected chi connectivity index (χ1v) is 16.1.